The maximum Gasteiger partial charge on any atom is 0.323 e. The Hall–Kier alpha value is -2.41. The highest BCUT2D eigenvalue weighted by Gasteiger charge is 2.20. The van der Waals surface area contributed by atoms with E-state index < -0.39 is 23.3 Å². The van der Waals surface area contributed by atoms with Gasteiger partial charge in [-0.1, -0.05) is 17.7 Å². The zero-order valence-corrected chi connectivity index (χ0v) is 11.0. The van der Waals surface area contributed by atoms with Crippen molar-refractivity contribution < 1.29 is 19.6 Å². The third-order valence-corrected chi connectivity index (χ3v) is 2.52. The molecule has 1 aromatic rings. The second kappa shape index (κ2) is 6.67. The topological polar surface area (TPSA) is 101 Å². The Kier molecular flexibility index (Phi) is 5.22. The Labute approximate surface area is 119 Å². The maximum absolute atomic E-state index is 12.1. The summed E-state index contributed by atoms with van der Waals surface area (Å²) in [5, 5.41) is 19.5. The third kappa shape index (κ3) is 4.06. The van der Waals surface area contributed by atoms with Crippen LogP contribution in [0.2, 0.25) is 5.02 Å². The molecule has 0 saturated carbocycles. The second-order valence-electron chi connectivity index (χ2n) is 3.82. The number of carbonyl (C=O) groups is 2. The van der Waals surface area contributed by atoms with Gasteiger partial charge in [0.1, 0.15) is 6.54 Å². The highest BCUT2D eigenvalue weighted by atomic mass is 35.5. The molecule has 0 bridgehead atoms. The SMILES string of the molecule is C=CCN(CC(=O)O)C(=O)c1cc(Cl)cc([N+](=O)[O-])c1. The molecule has 0 fully saturated rings. The Morgan fingerprint density at radius 3 is 2.60 bits per heavy atom. The van der Waals surface area contributed by atoms with Gasteiger partial charge in [-0.25, -0.2) is 0 Å². The summed E-state index contributed by atoms with van der Waals surface area (Å²) in [7, 11) is 0. The fraction of sp³-hybridized carbons (Fsp3) is 0.167. The normalized spacial score (nSPS) is 9.85. The minimum Gasteiger partial charge on any atom is -0.480 e. The molecule has 0 unspecified atom stereocenters. The van der Waals surface area contributed by atoms with Crippen molar-refractivity contribution >= 4 is 29.2 Å². The number of amides is 1. The number of carboxylic acid groups (broad SMARTS) is 1. The number of carboxylic acids is 1. The molecule has 20 heavy (non-hydrogen) atoms. The second-order valence-corrected chi connectivity index (χ2v) is 4.26. The number of non-ortho nitro benzene ring substituents is 1. The number of carbonyl (C=O) groups excluding carboxylic acids is 1. The van der Waals surface area contributed by atoms with E-state index in [1.165, 1.54) is 12.1 Å². The van der Waals surface area contributed by atoms with Gasteiger partial charge in [-0.05, 0) is 6.07 Å². The van der Waals surface area contributed by atoms with Crippen LogP contribution in [0.4, 0.5) is 5.69 Å². The van der Waals surface area contributed by atoms with E-state index >= 15 is 0 Å². The molecule has 1 aromatic carbocycles. The van der Waals surface area contributed by atoms with Crippen molar-refractivity contribution in [1.29, 1.82) is 0 Å². The highest BCUT2D eigenvalue weighted by Crippen LogP contribution is 2.22. The first kappa shape index (κ1) is 15.6. The molecular formula is C12H11ClN2O5. The molecule has 0 aliphatic rings. The van der Waals surface area contributed by atoms with Crippen LogP contribution in [-0.2, 0) is 4.79 Å². The lowest BCUT2D eigenvalue weighted by molar-refractivity contribution is -0.384. The van der Waals surface area contributed by atoms with Crippen LogP contribution >= 0.6 is 11.6 Å². The van der Waals surface area contributed by atoms with E-state index in [1.54, 1.807) is 0 Å². The molecule has 1 N–H and O–H groups in total. The number of hydrogen-bond acceptors (Lipinski definition) is 4. The van der Waals surface area contributed by atoms with E-state index in [2.05, 4.69) is 6.58 Å². The maximum atomic E-state index is 12.1. The zero-order chi connectivity index (χ0) is 15.3. The summed E-state index contributed by atoms with van der Waals surface area (Å²) in [5.74, 6) is -1.87. The number of benzene rings is 1. The lowest BCUT2D eigenvalue weighted by Crippen LogP contribution is -2.35. The Bertz CT molecular complexity index is 573. The molecule has 0 heterocycles. The van der Waals surface area contributed by atoms with Gasteiger partial charge < -0.3 is 10.0 Å². The van der Waals surface area contributed by atoms with Gasteiger partial charge in [0.2, 0.25) is 0 Å². The quantitative estimate of drug-likeness (QED) is 0.491. The summed E-state index contributed by atoms with van der Waals surface area (Å²) < 4.78 is 0. The van der Waals surface area contributed by atoms with E-state index in [4.69, 9.17) is 16.7 Å². The van der Waals surface area contributed by atoms with Crippen LogP contribution in [0.1, 0.15) is 10.4 Å². The summed E-state index contributed by atoms with van der Waals surface area (Å²) >= 11 is 5.71. The van der Waals surface area contributed by atoms with Crippen LogP contribution in [0.15, 0.2) is 30.9 Å². The summed E-state index contributed by atoms with van der Waals surface area (Å²) in [5.41, 5.74) is -0.387. The largest absolute Gasteiger partial charge is 0.480 e. The molecule has 1 rings (SSSR count). The lowest BCUT2D eigenvalue weighted by atomic mass is 10.1. The first-order valence-corrected chi connectivity index (χ1v) is 5.80. The summed E-state index contributed by atoms with van der Waals surface area (Å²) in [4.78, 5) is 33.9. The molecule has 7 nitrogen and oxygen atoms in total. The van der Waals surface area contributed by atoms with Gasteiger partial charge in [0, 0.05) is 29.3 Å². The fourth-order valence-corrected chi connectivity index (χ4v) is 1.75. The van der Waals surface area contributed by atoms with Crippen molar-refractivity contribution in [3.63, 3.8) is 0 Å². The Balaban J connectivity index is 3.13. The monoisotopic (exact) mass is 298 g/mol. The van der Waals surface area contributed by atoms with Gasteiger partial charge >= 0.3 is 5.97 Å². The van der Waals surface area contributed by atoms with Crippen LogP contribution in [0.25, 0.3) is 0 Å². The van der Waals surface area contributed by atoms with Gasteiger partial charge in [-0.3, -0.25) is 19.7 Å². The molecule has 0 atom stereocenters. The molecule has 0 aliphatic carbocycles. The molecule has 1 amide bonds. The van der Waals surface area contributed by atoms with Crippen molar-refractivity contribution in [3.05, 3.63) is 51.6 Å². The van der Waals surface area contributed by atoms with Gasteiger partial charge in [0.15, 0.2) is 0 Å². The minimum absolute atomic E-state index is 0.00540. The van der Waals surface area contributed by atoms with E-state index in [9.17, 15) is 19.7 Å². The van der Waals surface area contributed by atoms with Crippen LogP contribution < -0.4 is 0 Å². The molecule has 106 valence electrons. The number of nitro benzene ring substituents is 1. The number of halogens is 1. The first-order chi connectivity index (χ1) is 9.35. The first-order valence-electron chi connectivity index (χ1n) is 5.42. The molecule has 0 radical (unpaired) electrons. The minimum atomic E-state index is -1.20. The average molecular weight is 299 g/mol. The lowest BCUT2D eigenvalue weighted by Gasteiger charge is -2.18. The van der Waals surface area contributed by atoms with Crippen molar-refractivity contribution in [1.82, 2.24) is 4.90 Å². The molecule has 0 saturated heterocycles. The molecule has 0 aromatic heterocycles. The molecule has 0 aliphatic heterocycles. The van der Waals surface area contributed by atoms with Gasteiger partial charge in [-0.2, -0.15) is 0 Å². The van der Waals surface area contributed by atoms with Gasteiger partial charge in [0.25, 0.3) is 11.6 Å². The van der Waals surface area contributed by atoms with Crippen molar-refractivity contribution in [2.75, 3.05) is 13.1 Å². The van der Waals surface area contributed by atoms with Gasteiger partial charge in [0.05, 0.1) is 4.92 Å². The van der Waals surface area contributed by atoms with Crippen LogP contribution in [0.3, 0.4) is 0 Å². The molecule has 8 heteroatoms. The number of rotatable bonds is 6. The predicted molar refractivity (Wildman–Crippen MR) is 71.8 cm³/mol. The summed E-state index contributed by atoms with van der Waals surface area (Å²) in [6, 6.07) is 3.40. The Morgan fingerprint density at radius 1 is 1.45 bits per heavy atom. The van der Waals surface area contributed by atoms with Crippen molar-refractivity contribution in [2.24, 2.45) is 0 Å². The fourth-order valence-electron chi connectivity index (χ4n) is 1.52. The highest BCUT2D eigenvalue weighted by molar-refractivity contribution is 6.31. The van der Waals surface area contributed by atoms with E-state index in [0.29, 0.717) is 0 Å². The smallest absolute Gasteiger partial charge is 0.323 e. The summed E-state index contributed by atoms with van der Waals surface area (Å²) in [6.45, 7) is 2.89. The van der Waals surface area contributed by atoms with E-state index in [1.807, 2.05) is 0 Å². The van der Waals surface area contributed by atoms with Crippen LogP contribution in [0, 0.1) is 10.1 Å². The average Bonchev–Trinajstić information content (AvgIpc) is 2.36. The molecular weight excluding hydrogens is 288 g/mol. The van der Waals surface area contributed by atoms with E-state index in [0.717, 1.165) is 17.0 Å². The predicted octanol–water partition coefficient (Wildman–Crippen LogP) is 1.96. The van der Waals surface area contributed by atoms with Crippen molar-refractivity contribution in [3.8, 4) is 0 Å². The standard InChI is InChI=1S/C12H11ClN2O5/c1-2-3-14(7-11(16)17)12(18)8-4-9(13)6-10(5-8)15(19)20/h2,4-6H,1,3,7H2,(H,16,17). The Morgan fingerprint density at radius 2 is 2.10 bits per heavy atom. The van der Waals surface area contributed by atoms with E-state index in [-0.39, 0.29) is 22.8 Å². The number of aliphatic carboxylic acids is 1. The van der Waals surface area contributed by atoms with Crippen molar-refractivity contribution in [2.45, 2.75) is 0 Å². The third-order valence-electron chi connectivity index (χ3n) is 2.30. The number of nitro groups is 1. The van der Waals surface area contributed by atoms with Crippen LogP contribution in [0.5, 0.6) is 0 Å². The number of nitrogens with zero attached hydrogens (tertiary/aromatic N) is 2. The van der Waals surface area contributed by atoms with Gasteiger partial charge in [-0.15, -0.1) is 6.58 Å². The molecule has 0 spiro atoms. The van der Waals surface area contributed by atoms with Crippen LogP contribution in [-0.4, -0.2) is 39.9 Å². The number of hydrogen-bond donors (Lipinski definition) is 1. The zero-order valence-electron chi connectivity index (χ0n) is 10.3. The summed E-state index contributed by atoms with van der Waals surface area (Å²) in [6.07, 6.45) is 1.36.